The fraction of sp³-hybridized carbons (Fsp3) is 0.143. The van der Waals surface area contributed by atoms with Gasteiger partial charge < -0.3 is 9.30 Å². The van der Waals surface area contributed by atoms with Crippen molar-refractivity contribution in [2.45, 2.75) is 18.7 Å². The van der Waals surface area contributed by atoms with Crippen LogP contribution in [0.15, 0.2) is 94.9 Å². The number of para-hydroxylation sites is 2. The first-order valence-electron chi connectivity index (χ1n) is 11.7. The summed E-state index contributed by atoms with van der Waals surface area (Å²) in [6.45, 7) is 3.27. The molecule has 0 fully saturated rings. The van der Waals surface area contributed by atoms with Gasteiger partial charge in [-0.05, 0) is 68.4 Å². The molecule has 38 heavy (non-hydrogen) atoms. The number of hydrogen-bond donors (Lipinski definition) is 1. The topological polar surface area (TPSA) is 93.0 Å². The third-order valence-electron chi connectivity index (χ3n) is 5.92. The maximum absolute atomic E-state index is 13.5. The number of amides is 1. The zero-order valence-corrected chi connectivity index (χ0v) is 21.9. The quantitative estimate of drug-likeness (QED) is 0.251. The number of halogens is 1. The molecule has 0 bridgehead atoms. The van der Waals surface area contributed by atoms with E-state index in [-0.39, 0.29) is 16.4 Å². The lowest BCUT2D eigenvalue weighted by atomic mass is 10.2. The molecule has 4 rings (SSSR count). The van der Waals surface area contributed by atoms with Crippen molar-refractivity contribution in [3.63, 3.8) is 0 Å². The van der Waals surface area contributed by atoms with Gasteiger partial charge in [0.25, 0.3) is 15.9 Å². The summed E-state index contributed by atoms with van der Waals surface area (Å²) in [7, 11) is -2.66. The van der Waals surface area contributed by atoms with Gasteiger partial charge >= 0.3 is 0 Å². The third-order valence-corrected chi connectivity index (χ3v) is 7.69. The average Bonchev–Trinajstić information content (AvgIpc) is 3.20. The maximum Gasteiger partial charge on any atom is 0.264 e. The molecule has 0 unspecified atom stereocenters. The molecule has 10 heteroatoms. The van der Waals surface area contributed by atoms with E-state index in [1.165, 1.54) is 37.6 Å². The lowest BCUT2D eigenvalue weighted by Crippen LogP contribution is -2.39. The van der Waals surface area contributed by atoms with Crippen molar-refractivity contribution in [2.24, 2.45) is 5.10 Å². The summed E-state index contributed by atoms with van der Waals surface area (Å²) in [5.74, 6) is -0.660. The Kier molecular flexibility index (Phi) is 7.92. The second kappa shape index (κ2) is 11.3. The van der Waals surface area contributed by atoms with E-state index in [2.05, 4.69) is 10.5 Å². The molecule has 0 aliphatic rings. The second-order valence-electron chi connectivity index (χ2n) is 8.43. The zero-order chi connectivity index (χ0) is 27.3. The number of nitrogens with zero attached hydrogens (tertiary/aromatic N) is 3. The number of methoxy groups -OCH3 is 1. The Hall–Kier alpha value is -4.44. The number of aromatic nitrogens is 1. The molecule has 0 spiro atoms. The first kappa shape index (κ1) is 26.6. The minimum absolute atomic E-state index is 0.0374. The van der Waals surface area contributed by atoms with Crippen LogP contribution in [0.25, 0.3) is 5.69 Å². The number of aryl methyl sites for hydroxylation is 1. The van der Waals surface area contributed by atoms with Gasteiger partial charge in [-0.2, -0.15) is 5.10 Å². The minimum atomic E-state index is -4.09. The Labute approximate surface area is 221 Å². The number of ether oxygens (including phenoxy) is 1. The van der Waals surface area contributed by atoms with E-state index in [0.717, 1.165) is 26.9 Å². The van der Waals surface area contributed by atoms with Crippen LogP contribution in [0.1, 0.15) is 17.0 Å². The lowest BCUT2D eigenvalue weighted by Gasteiger charge is -2.25. The van der Waals surface area contributed by atoms with E-state index < -0.39 is 22.5 Å². The van der Waals surface area contributed by atoms with Gasteiger partial charge in [-0.25, -0.2) is 18.2 Å². The summed E-state index contributed by atoms with van der Waals surface area (Å²) in [6.07, 6.45) is 1.49. The molecule has 0 aliphatic carbocycles. The van der Waals surface area contributed by atoms with Crippen LogP contribution in [0, 0.1) is 19.7 Å². The van der Waals surface area contributed by atoms with E-state index in [4.69, 9.17) is 4.74 Å². The highest BCUT2D eigenvalue weighted by molar-refractivity contribution is 7.92. The fourth-order valence-corrected chi connectivity index (χ4v) is 5.55. The van der Waals surface area contributed by atoms with Gasteiger partial charge in [0.05, 0.1) is 23.9 Å². The molecular weight excluding hydrogens is 507 g/mol. The summed E-state index contributed by atoms with van der Waals surface area (Å²) < 4.78 is 48.6. The highest BCUT2D eigenvalue weighted by atomic mass is 32.2. The van der Waals surface area contributed by atoms with Crippen LogP contribution >= 0.6 is 0 Å². The van der Waals surface area contributed by atoms with Gasteiger partial charge in [0.1, 0.15) is 18.1 Å². The highest BCUT2D eigenvalue weighted by Gasteiger charge is 2.29. The predicted molar refractivity (Wildman–Crippen MR) is 145 cm³/mol. The summed E-state index contributed by atoms with van der Waals surface area (Å²) >= 11 is 0. The molecule has 0 aliphatic heterocycles. The molecule has 1 N–H and O–H groups in total. The van der Waals surface area contributed by atoms with Crippen molar-refractivity contribution in [2.75, 3.05) is 18.0 Å². The standard InChI is InChI=1S/C28H27FN4O4S/c1-20-17-22(21(2)33(20)24-15-13-23(29)14-16-24)18-30-31-28(34)19-32(26-11-7-8-12-27(26)37-3)38(35,36)25-9-5-4-6-10-25/h4-18H,19H2,1-3H3,(H,31,34)/b30-18-. The van der Waals surface area contributed by atoms with E-state index in [1.54, 1.807) is 54.6 Å². The molecule has 196 valence electrons. The van der Waals surface area contributed by atoms with Gasteiger partial charge in [-0.1, -0.05) is 30.3 Å². The van der Waals surface area contributed by atoms with Crippen LogP contribution in [0.2, 0.25) is 0 Å². The van der Waals surface area contributed by atoms with Crippen molar-refractivity contribution in [3.8, 4) is 11.4 Å². The lowest BCUT2D eigenvalue weighted by molar-refractivity contribution is -0.119. The molecule has 0 radical (unpaired) electrons. The van der Waals surface area contributed by atoms with Crippen LogP contribution in [0.3, 0.4) is 0 Å². The Morgan fingerprint density at radius 3 is 2.37 bits per heavy atom. The van der Waals surface area contributed by atoms with E-state index >= 15 is 0 Å². The minimum Gasteiger partial charge on any atom is -0.495 e. The smallest absolute Gasteiger partial charge is 0.264 e. The number of benzene rings is 3. The Bertz CT molecular complexity index is 1570. The van der Waals surface area contributed by atoms with Crippen molar-refractivity contribution in [1.82, 2.24) is 9.99 Å². The van der Waals surface area contributed by atoms with Crippen LogP contribution in [-0.4, -0.2) is 38.8 Å². The molecule has 4 aromatic rings. The van der Waals surface area contributed by atoms with Gasteiger partial charge in [0.2, 0.25) is 0 Å². The van der Waals surface area contributed by atoms with E-state index in [0.29, 0.717) is 5.75 Å². The molecule has 3 aromatic carbocycles. The molecular formula is C28H27FN4O4S. The summed E-state index contributed by atoms with van der Waals surface area (Å²) in [5.41, 5.74) is 5.92. The average molecular weight is 535 g/mol. The predicted octanol–water partition coefficient (Wildman–Crippen LogP) is 4.59. The monoisotopic (exact) mass is 534 g/mol. The van der Waals surface area contributed by atoms with Crippen LogP contribution in [0.5, 0.6) is 5.75 Å². The molecule has 1 heterocycles. The number of nitrogens with one attached hydrogen (secondary N) is 1. The Balaban J connectivity index is 1.57. The number of anilines is 1. The number of hydrazone groups is 1. The van der Waals surface area contributed by atoms with Crippen LogP contribution < -0.4 is 14.5 Å². The van der Waals surface area contributed by atoms with Gasteiger partial charge in [0.15, 0.2) is 0 Å². The number of carbonyl (C=O) groups excluding carboxylic acids is 1. The van der Waals surface area contributed by atoms with Crippen LogP contribution in [0.4, 0.5) is 10.1 Å². The molecule has 1 amide bonds. The number of carbonyl (C=O) groups is 1. The van der Waals surface area contributed by atoms with Crippen molar-refractivity contribution in [3.05, 3.63) is 108 Å². The van der Waals surface area contributed by atoms with Crippen molar-refractivity contribution in [1.29, 1.82) is 0 Å². The molecule has 8 nitrogen and oxygen atoms in total. The number of sulfonamides is 1. The van der Waals surface area contributed by atoms with E-state index in [1.807, 2.05) is 24.5 Å². The van der Waals surface area contributed by atoms with E-state index in [9.17, 15) is 17.6 Å². The van der Waals surface area contributed by atoms with Crippen LogP contribution in [-0.2, 0) is 14.8 Å². The van der Waals surface area contributed by atoms with Gasteiger partial charge in [0, 0.05) is 22.6 Å². The zero-order valence-electron chi connectivity index (χ0n) is 21.1. The van der Waals surface area contributed by atoms with Gasteiger partial charge in [-0.3, -0.25) is 9.10 Å². The number of rotatable bonds is 9. The molecule has 0 saturated carbocycles. The molecule has 0 atom stereocenters. The molecule has 1 aromatic heterocycles. The summed E-state index contributed by atoms with van der Waals surface area (Å²) in [6, 6.07) is 22.4. The maximum atomic E-state index is 13.5. The second-order valence-corrected chi connectivity index (χ2v) is 10.3. The molecule has 0 saturated heterocycles. The normalized spacial score (nSPS) is 11.5. The third kappa shape index (κ3) is 5.60. The van der Waals surface area contributed by atoms with Gasteiger partial charge in [-0.15, -0.1) is 0 Å². The SMILES string of the molecule is COc1ccccc1N(CC(=O)N/N=C\c1cc(C)n(-c2ccc(F)cc2)c1C)S(=O)(=O)c1ccccc1. The largest absolute Gasteiger partial charge is 0.495 e. The Morgan fingerprint density at radius 2 is 1.68 bits per heavy atom. The first-order valence-corrected chi connectivity index (χ1v) is 13.1. The first-order chi connectivity index (χ1) is 18.2. The fourth-order valence-electron chi connectivity index (χ4n) is 4.10. The Morgan fingerprint density at radius 1 is 1.03 bits per heavy atom. The number of hydrogen-bond acceptors (Lipinski definition) is 5. The summed E-state index contributed by atoms with van der Waals surface area (Å²) in [5, 5.41) is 4.06. The van der Waals surface area contributed by atoms with Crippen molar-refractivity contribution >= 4 is 27.8 Å². The summed E-state index contributed by atoms with van der Waals surface area (Å²) in [4.78, 5) is 12.9. The van der Waals surface area contributed by atoms with Crippen molar-refractivity contribution < 1.29 is 22.3 Å². The highest BCUT2D eigenvalue weighted by Crippen LogP contribution is 2.32.